The molecule has 2 aliphatic carbocycles. The van der Waals surface area contributed by atoms with Gasteiger partial charge in [0.05, 0.1) is 6.54 Å². The van der Waals surface area contributed by atoms with E-state index in [1.54, 1.807) is 18.2 Å². The third-order valence-electron chi connectivity index (χ3n) is 6.95. The van der Waals surface area contributed by atoms with Crippen molar-refractivity contribution in [2.45, 2.75) is 49.3 Å². The predicted molar refractivity (Wildman–Crippen MR) is 140 cm³/mol. The molecule has 0 atom stereocenters. The fourth-order valence-corrected chi connectivity index (χ4v) is 5.26. The van der Waals surface area contributed by atoms with Crippen molar-refractivity contribution in [3.63, 3.8) is 0 Å². The second kappa shape index (κ2) is 10.0. The number of hydrogen-bond acceptors (Lipinski definition) is 7. The molecule has 1 aromatic carbocycles. The second-order valence-electron chi connectivity index (χ2n) is 10.2. The third kappa shape index (κ3) is 5.43. The summed E-state index contributed by atoms with van der Waals surface area (Å²) < 4.78 is 65.7. The van der Waals surface area contributed by atoms with Crippen molar-refractivity contribution in [1.82, 2.24) is 18.7 Å². The van der Waals surface area contributed by atoms with E-state index in [0.717, 1.165) is 44.3 Å². The van der Waals surface area contributed by atoms with Crippen LogP contribution in [0.5, 0.6) is 0 Å². The molecule has 3 aromatic rings. The van der Waals surface area contributed by atoms with Gasteiger partial charge in [0, 0.05) is 43.6 Å². The lowest BCUT2D eigenvalue weighted by atomic mass is 10.0. The summed E-state index contributed by atoms with van der Waals surface area (Å²) in [5.74, 6) is 5.42. The van der Waals surface area contributed by atoms with Crippen LogP contribution in [0, 0.1) is 23.7 Å². The molecule has 1 amide bonds. The highest BCUT2D eigenvalue weighted by molar-refractivity contribution is 7.92. The second-order valence-corrected chi connectivity index (χ2v) is 12.0. The quantitative estimate of drug-likeness (QED) is 0.412. The van der Waals surface area contributed by atoms with Crippen molar-refractivity contribution >= 4 is 38.4 Å². The van der Waals surface area contributed by atoms with Crippen LogP contribution >= 0.6 is 0 Å². The number of Topliss-reactive ketones (excluding diaryl/α,β-unsaturated/α-hetero) is 1. The van der Waals surface area contributed by atoms with Crippen LogP contribution in [0.4, 0.5) is 18.9 Å². The average Bonchev–Trinajstić information content (AvgIpc) is 3.80. The van der Waals surface area contributed by atoms with Gasteiger partial charge in [0.1, 0.15) is 5.78 Å². The number of carbonyl (C=O) groups is 2. The molecule has 0 radical (unpaired) electrons. The first-order valence-electron chi connectivity index (χ1n) is 12.6. The fourth-order valence-electron chi connectivity index (χ4n) is 4.39. The number of nitrogens with zero attached hydrogens (tertiary/aromatic N) is 4. The minimum Gasteiger partial charge on any atom is -0.326 e. The number of carbonyl (C=O) groups excluding carboxylic acids is 2. The van der Waals surface area contributed by atoms with Gasteiger partial charge in [-0.1, -0.05) is 11.8 Å². The Bertz CT molecular complexity index is 1860. The van der Waals surface area contributed by atoms with Gasteiger partial charge in [-0.2, -0.15) is 18.2 Å². The maximum Gasteiger partial charge on any atom is 0.504 e. The number of benzene rings is 1. The topological polar surface area (TPSA) is 142 Å². The van der Waals surface area contributed by atoms with Crippen LogP contribution in [0.2, 0.25) is 0 Å². The zero-order chi connectivity index (χ0) is 29.9. The highest BCUT2D eigenvalue weighted by Crippen LogP contribution is 2.33. The Morgan fingerprint density at radius 1 is 1.05 bits per heavy atom. The van der Waals surface area contributed by atoms with Crippen molar-refractivity contribution in [1.29, 1.82) is 0 Å². The number of rotatable bonds is 7. The molecule has 0 aliphatic heterocycles. The number of halogens is 3. The highest BCUT2D eigenvalue weighted by Gasteiger charge is 2.50. The summed E-state index contributed by atoms with van der Waals surface area (Å²) in [6, 6.07) is 4.95. The Balaban J connectivity index is 1.53. The SMILES string of the molecule is Cn1c(=O)c2c(nc(S(=O)(=O)C(F)(F)F)n2C)n(CC#Cc2cc(CC(=O)C3CC3)cc(NC(=O)C3CC3)c2)c1=O. The zero-order valence-corrected chi connectivity index (χ0v) is 22.7. The summed E-state index contributed by atoms with van der Waals surface area (Å²) in [5, 5.41) is 1.38. The molecule has 15 heteroatoms. The Labute approximate surface area is 230 Å². The molecule has 2 aliphatic rings. The normalized spacial score (nSPS) is 15.4. The van der Waals surface area contributed by atoms with Crippen molar-refractivity contribution in [2.24, 2.45) is 25.9 Å². The van der Waals surface area contributed by atoms with Gasteiger partial charge in [0.25, 0.3) is 5.56 Å². The number of aryl methyl sites for hydroxylation is 1. The molecule has 2 heterocycles. The molecule has 2 aromatic heterocycles. The third-order valence-corrected chi connectivity index (χ3v) is 8.41. The number of aromatic nitrogens is 4. The molecule has 11 nitrogen and oxygen atoms in total. The van der Waals surface area contributed by atoms with Crippen LogP contribution in [-0.4, -0.2) is 44.3 Å². The fraction of sp³-hybridized carbons (Fsp3) is 0.423. The first kappa shape index (κ1) is 28.3. The van der Waals surface area contributed by atoms with Crippen LogP contribution in [0.3, 0.4) is 0 Å². The summed E-state index contributed by atoms with van der Waals surface area (Å²) in [6.45, 7) is -0.457. The Morgan fingerprint density at radius 2 is 1.71 bits per heavy atom. The summed E-state index contributed by atoms with van der Waals surface area (Å²) >= 11 is 0. The van der Waals surface area contributed by atoms with Gasteiger partial charge >= 0.3 is 21.0 Å². The molecule has 5 rings (SSSR count). The van der Waals surface area contributed by atoms with E-state index >= 15 is 0 Å². The Morgan fingerprint density at radius 3 is 2.32 bits per heavy atom. The molecule has 2 saturated carbocycles. The molecule has 216 valence electrons. The van der Waals surface area contributed by atoms with Gasteiger partial charge in [-0.3, -0.25) is 23.5 Å². The number of nitrogens with one attached hydrogen (secondary N) is 1. The van der Waals surface area contributed by atoms with Gasteiger partial charge in [-0.05, 0) is 49.4 Å². The largest absolute Gasteiger partial charge is 0.504 e. The minimum absolute atomic E-state index is 0.0256. The van der Waals surface area contributed by atoms with Crippen LogP contribution in [0.1, 0.15) is 36.8 Å². The van der Waals surface area contributed by atoms with Crippen molar-refractivity contribution in [3.05, 3.63) is 50.2 Å². The van der Waals surface area contributed by atoms with E-state index in [1.807, 2.05) is 0 Å². The number of ketones is 1. The maximum absolute atomic E-state index is 13.2. The maximum atomic E-state index is 13.2. The van der Waals surface area contributed by atoms with E-state index in [1.165, 1.54) is 0 Å². The van der Waals surface area contributed by atoms with Gasteiger partial charge in [-0.15, -0.1) is 0 Å². The molecule has 1 N–H and O–H groups in total. The lowest BCUT2D eigenvalue weighted by Gasteiger charge is -2.09. The summed E-state index contributed by atoms with van der Waals surface area (Å²) in [4.78, 5) is 53.8. The van der Waals surface area contributed by atoms with E-state index in [9.17, 15) is 40.8 Å². The first-order chi connectivity index (χ1) is 19.2. The summed E-state index contributed by atoms with van der Waals surface area (Å²) in [7, 11) is -3.91. The standard InChI is InChI=1S/C26H24F3N5O6S/c1-32-20-21(31-24(32)41(39,40)26(27,28)29)34(25(38)33(2)23(20)37)9-3-4-14-10-15(13-19(35)16-5-6-16)12-18(11-14)30-22(36)17-7-8-17/h10-12,16-17H,5-9,13H2,1-2H3,(H,30,36). The smallest absolute Gasteiger partial charge is 0.326 e. The van der Waals surface area contributed by atoms with Gasteiger partial charge in [-0.25, -0.2) is 13.2 Å². The number of imidazole rings is 1. The number of alkyl halides is 3. The number of hydrogen-bond donors (Lipinski definition) is 1. The Kier molecular flexibility index (Phi) is 6.93. The molecule has 0 spiro atoms. The molecular formula is C26H24F3N5O6S. The van der Waals surface area contributed by atoms with E-state index in [-0.39, 0.29) is 29.9 Å². The minimum atomic E-state index is -5.93. The van der Waals surface area contributed by atoms with Gasteiger partial charge < -0.3 is 9.88 Å². The first-order valence-corrected chi connectivity index (χ1v) is 14.1. The molecule has 41 heavy (non-hydrogen) atoms. The predicted octanol–water partition coefficient (Wildman–Crippen LogP) is 1.65. The number of fused-ring (bicyclic) bond motifs is 1. The van der Waals surface area contributed by atoms with Gasteiger partial charge in [0.2, 0.25) is 11.1 Å². The van der Waals surface area contributed by atoms with Crippen LogP contribution in [0.15, 0.2) is 32.9 Å². The number of amides is 1. The Hall–Kier alpha value is -4.19. The molecular weight excluding hydrogens is 567 g/mol. The number of sulfone groups is 1. The molecule has 0 saturated heterocycles. The highest BCUT2D eigenvalue weighted by atomic mass is 32.2. The number of anilines is 1. The molecule has 0 unspecified atom stereocenters. The zero-order valence-electron chi connectivity index (χ0n) is 21.9. The van der Waals surface area contributed by atoms with E-state index in [0.29, 0.717) is 25.9 Å². The molecule has 0 bridgehead atoms. The van der Waals surface area contributed by atoms with E-state index < -0.39 is 49.5 Å². The monoisotopic (exact) mass is 591 g/mol. The summed E-state index contributed by atoms with van der Waals surface area (Å²) in [5.41, 5.74) is -7.30. The lowest BCUT2D eigenvalue weighted by molar-refractivity contribution is -0.119. The summed E-state index contributed by atoms with van der Waals surface area (Å²) in [6.07, 6.45) is 3.41. The van der Waals surface area contributed by atoms with Crippen molar-refractivity contribution in [2.75, 3.05) is 5.32 Å². The lowest BCUT2D eigenvalue weighted by Crippen LogP contribution is -2.38. The van der Waals surface area contributed by atoms with Crippen molar-refractivity contribution < 1.29 is 31.2 Å². The van der Waals surface area contributed by atoms with Gasteiger partial charge in [0.15, 0.2) is 11.2 Å². The van der Waals surface area contributed by atoms with Crippen LogP contribution in [-0.2, 0) is 46.5 Å². The van der Waals surface area contributed by atoms with E-state index in [2.05, 4.69) is 22.1 Å². The van der Waals surface area contributed by atoms with Crippen LogP contribution in [0.25, 0.3) is 11.2 Å². The van der Waals surface area contributed by atoms with E-state index in [4.69, 9.17) is 0 Å². The van der Waals surface area contributed by atoms with Crippen molar-refractivity contribution in [3.8, 4) is 11.8 Å². The molecule has 2 fully saturated rings. The van der Waals surface area contributed by atoms with Crippen LogP contribution < -0.4 is 16.6 Å². The average molecular weight is 592 g/mol.